The molecule has 88 valence electrons. The number of pyridine rings is 1. The zero-order chi connectivity index (χ0) is 12.0. The Bertz CT molecular complexity index is 358. The number of nitrogens with zero attached hydrogens (tertiary/aromatic N) is 1. The van der Waals surface area contributed by atoms with Gasteiger partial charge in [0, 0.05) is 17.7 Å². The Kier molecular flexibility index (Phi) is 5.28. The van der Waals surface area contributed by atoms with Crippen LogP contribution in [-0.2, 0) is 15.3 Å². The number of esters is 1. The highest BCUT2D eigenvalue weighted by atomic mass is 32.2. The average Bonchev–Trinajstić information content (AvgIpc) is 2.30. The molecule has 0 saturated heterocycles. The van der Waals surface area contributed by atoms with E-state index in [1.165, 1.54) is 7.11 Å². The van der Waals surface area contributed by atoms with Crippen molar-refractivity contribution in [1.29, 1.82) is 0 Å². The molecule has 0 spiro atoms. The minimum atomic E-state index is -0.556. The van der Waals surface area contributed by atoms with Crippen molar-refractivity contribution in [1.82, 2.24) is 4.98 Å². The lowest BCUT2D eigenvalue weighted by Gasteiger charge is -2.09. The van der Waals surface area contributed by atoms with Crippen LogP contribution < -0.4 is 5.73 Å². The van der Waals surface area contributed by atoms with E-state index in [9.17, 15) is 4.79 Å². The number of ether oxygens (including phenoxy) is 1. The van der Waals surface area contributed by atoms with Gasteiger partial charge in [-0.15, -0.1) is 0 Å². The molecule has 0 aliphatic heterocycles. The highest BCUT2D eigenvalue weighted by Gasteiger charge is 2.13. The summed E-state index contributed by atoms with van der Waals surface area (Å²) in [6.45, 7) is 2.02. The molecule has 0 amide bonds. The molecule has 0 radical (unpaired) electrons. The summed E-state index contributed by atoms with van der Waals surface area (Å²) in [4.78, 5) is 15.3. The van der Waals surface area contributed by atoms with Crippen molar-refractivity contribution in [2.45, 2.75) is 18.7 Å². The molecule has 4 nitrogen and oxygen atoms in total. The van der Waals surface area contributed by atoms with Gasteiger partial charge in [-0.3, -0.25) is 9.78 Å². The predicted molar refractivity (Wildman–Crippen MR) is 65.1 cm³/mol. The summed E-state index contributed by atoms with van der Waals surface area (Å²) < 4.78 is 4.55. The first-order chi connectivity index (χ1) is 7.65. The van der Waals surface area contributed by atoms with Gasteiger partial charge in [-0.05, 0) is 18.6 Å². The molecule has 1 rings (SSSR count). The van der Waals surface area contributed by atoms with Gasteiger partial charge in [0.2, 0.25) is 0 Å². The summed E-state index contributed by atoms with van der Waals surface area (Å²) in [5, 5.41) is 0. The van der Waals surface area contributed by atoms with Gasteiger partial charge in [0.1, 0.15) is 6.04 Å². The summed E-state index contributed by atoms with van der Waals surface area (Å²) >= 11 is 1.58. The first-order valence-corrected chi connectivity index (χ1v) is 6.12. The van der Waals surface area contributed by atoms with E-state index in [-0.39, 0.29) is 5.97 Å². The normalized spacial score (nSPS) is 12.2. The maximum Gasteiger partial charge on any atom is 0.323 e. The fourth-order valence-electron chi connectivity index (χ4n) is 1.17. The molecule has 1 aromatic rings. The van der Waals surface area contributed by atoms with Crippen LogP contribution in [0.2, 0.25) is 0 Å². The largest absolute Gasteiger partial charge is 0.468 e. The molecule has 0 bridgehead atoms. The fraction of sp³-hybridized carbons (Fsp3) is 0.455. The van der Waals surface area contributed by atoms with Gasteiger partial charge in [0.15, 0.2) is 0 Å². The van der Waals surface area contributed by atoms with Crippen LogP contribution in [-0.4, -0.2) is 29.9 Å². The van der Waals surface area contributed by atoms with Crippen molar-refractivity contribution in [3.8, 4) is 0 Å². The van der Waals surface area contributed by atoms with Crippen LogP contribution in [0.5, 0.6) is 0 Å². The van der Waals surface area contributed by atoms with Gasteiger partial charge in [-0.25, -0.2) is 0 Å². The van der Waals surface area contributed by atoms with Gasteiger partial charge in [0.25, 0.3) is 0 Å². The van der Waals surface area contributed by atoms with Crippen LogP contribution in [0.4, 0.5) is 0 Å². The number of aryl methyl sites for hydroxylation is 1. The van der Waals surface area contributed by atoms with E-state index < -0.39 is 6.04 Å². The highest BCUT2D eigenvalue weighted by molar-refractivity contribution is 7.98. The number of rotatable bonds is 5. The molecule has 0 aliphatic carbocycles. The second-order valence-corrected chi connectivity index (χ2v) is 4.44. The number of carbonyl (C=O) groups excluding carboxylic acids is 1. The lowest BCUT2D eigenvalue weighted by molar-refractivity contribution is -0.141. The predicted octanol–water partition coefficient (Wildman–Crippen LogP) is 1.12. The molecule has 1 unspecified atom stereocenters. The summed E-state index contributed by atoms with van der Waals surface area (Å²) in [6, 6.07) is 3.37. The smallest absolute Gasteiger partial charge is 0.323 e. The molecule has 1 heterocycles. The van der Waals surface area contributed by atoms with Crippen molar-refractivity contribution >= 4 is 17.7 Å². The Balaban J connectivity index is 2.36. The van der Waals surface area contributed by atoms with E-state index in [4.69, 9.17) is 5.73 Å². The van der Waals surface area contributed by atoms with Gasteiger partial charge >= 0.3 is 5.97 Å². The number of hydrogen-bond acceptors (Lipinski definition) is 5. The third-order valence-electron chi connectivity index (χ3n) is 2.16. The molecule has 0 saturated carbocycles. The number of thioether (sulfide) groups is 1. The monoisotopic (exact) mass is 240 g/mol. The molecular weight excluding hydrogens is 224 g/mol. The maximum atomic E-state index is 11.0. The van der Waals surface area contributed by atoms with Gasteiger partial charge in [-0.2, -0.15) is 11.8 Å². The zero-order valence-corrected chi connectivity index (χ0v) is 10.3. The minimum Gasteiger partial charge on any atom is -0.468 e. The van der Waals surface area contributed by atoms with E-state index in [2.05, 4.69) is 9.72 Å². The van der Waals surface area contributed by atoms with Crippen LogP contribution in [0.3, 0.4) is 0 Å². The van der Waals surface area contributed by atoms with E-state index in [0.717, 1.165) is 17.0 Å². The minimum absolute atomic E-state index is 0.370. The van der Waals surface area contributed by atoms with E-state index >= 15 is 0 Å². The molecule has 0 fully saturated rings. The van der Waals surface area contributed by atoms with Crippen LogP contribution in [0, 0.1) is 6.92 Å². The van der Waals surface area contributed by atoms with Crippen LogP contribution in [0.25, 0.3) is 0 Å². The molecule has 5 heteroatoms. The topological polar surface area (TPSA) is 65.2 Å². The van der Waals surface area contributed by atoms with Crippen LogP contribution >= 0.6 is 11.8 Å². The van der Waals surface area contributed by atoms with Crippen molar-refractivity contribution in [2.24, 2.45) is 5.73 Å². The quantitative estimate of drug-likeness (QED) is 0.781. The molecule has 2 N–H and O–H groups in total. The molecule has 0 aromatic carbocycles. The second-order valence-electron chi connectivity index (χ2n) is 3.41. The summed E-state index contributed by atoms with van der Waals surface area (Å²) in [6.07, 6.45) is 1.77. The van der Waals surface area contributed by atoms with Crippen LogP contribution in [0.15, 0.2) is 18.3 Å². The third-order valence-corrected chi connectivity index (χ3v) is 3.23. The summed E-state index contributed by atoms with van der Waals surface area (Å²) in [5.41, 5.74) is 7.80. The standard InChI is InChI=1S/C11H16N2O2S/c1-8-4-3-5-13-10(8)7-16-6-9(12)11(14)15-2/h3-5,9H,6-7,12H2,1-2H3. The third kappa shape index (κ3) is 3.83. The Hall–Kier alpha value is -1.07. The van der Waals surface area contributed by atoms with E-state index in [1.807, 2.05) is 19.1 Å². The fourth-order valence-corrected chi connectivity index (χ4v) is 2.17. The number of nitrogens with two attached hydrogens (primary N) is 1. The second kappa shape index (κ2) is 6.50. The first kappa shape index (κ1) is 13.0. The highest BCUT2D eigenvalue weighted by Crippen LogP contribution is 2.14. The zero-order valence-electron chi connectivity index (χ0n) is 9.47. The Morgan fingerprint density at radius 1 is 1.69 bits per heavy atom. The Labute approximate surface area is 99.6 Å². The lowest BCUT2D eigenvalue weighted by Crippen LogP contribution is -2.33. The average molecular weight is 240 g/mol. The molecule has 1 atom stereocenters. The van der Waals surface area contributed by atoms with Crippen molar-refractivity contribution < 1.29 is 9.53 Å². The lowest BCUT2D eigenvalue weighted by atomic mass is 10.2. The summed E-state index contributed by atoms with van der Waals surface area (Å²) in [5.74, 6) is 0.935. The van der Waals surface area contributed by atoms with Crippen molar-refractivity contribution in [2.75, 3.05) is 12.9 Å². The maximum absolute atomic E-state index is 11.0. The molecular formula is C11H16N2O2S. The van der Waals surface area contributed by atoms with E-state index in [0.29, 0.717) is 5.75 Å². The number of hydrogen-bond donors (Lipinski definition) is 1. The number of carbonyl (C=O) groups is 1. The molecule has 1 aromatic heterocycles. The van der Waals surface area contributed by atoms with Crippen LogP contribution in [0.1, 0.15) is 11.3 Å². The Morgan fingerprint density at radius 3 is 3.06 bits per heavy atom. The SMILES string of the molecule is COC(=O)C(N)CSCc1ncccc1C. The van der Waals surface area contributed by atoms with Gasteiger partial charge in [-0.1, -0.05) is 6.07 Å². The summed E-state index contributed by atoms with van der Waals surface area (Å²) in [7, 11) is 1.34. The Morgan fingerprint density at radius 2 is 2.44 bits per heavy atom. The van der Waals surface area contributed by atoms with Crippen molar-refractivity contribution in [3.05, 3.63) is 29.6 Å². The first-order valence-electron chi connectivity index (χ1n) is 4.96. The van der Waals surface area contributed by atoms with Gasteiger partial charge in [0.05, 0.1) is 12.8 Å². The number of aromatic nitrogens is 1. The van der Waals surface area contributed by atoms with Gasteiger partial charge < -0.3 is 10.5 Å². The molecule has 16 heavy (non-hydrogen) atoms. The number of methoxy groups -OCH3 is 1. The van der Waals surface area contributed by atoms with Crippen molar-refractivity contribution in [3.63, 3.8) is 0 Å². The molecule has 0 aliphatic rings. The van der Waals surface area contributed by atoms with E-state index in [1.54, 1.807) is 18.0 Å².